The third kappa shape index (κ3) is 4.37. The van der Waals surface area contributed by atoms with Gasteiger partial charge in [-0.25, -0.2) is 4.39 Å². The lowest BCUT2D eigenvalue weighted by molar-refractivity contribution is -0.126. The van der Waals surface area contributed by atoms with Crippen molar-refractivity contribution in [3.05, 3.63) is 69.5 Å². The largest absolute Gasteiger partial charge is 0.368 e. The van der Waals surface area contributed by atoms with Crippen molar-refractivity contribution in [3.63, 3.8) is 0 Å². The first kappa shape index (κ1) is 18.7. The first-order chi connectivity index (χ1) is 12.4. The number of benzene rings is 2. The lowest BCUT2D eigenvalue weighted by Crippen LogP contribution is -2.48. The highest BCUT2D eigenvalue weighted by Gasteiger charge is 2.21. The smallest absolute Gasteiger partial charge is 0.246 e. The van der Waals surface area contributed by atoms with Gasteiger partial charge in [-0.05, 0) is 42.8 Å². The minimum atomic E-state index is -0.442. The van der Waals surface area contributed by atoms with Crippen molar-refractivity contribution in [1.29, 1.82) is 0 Å². The van der Waals surface area contributed by atoms with Crippen LogP contribution in [0.15, 0.2) is 42.5 Å². The molecule has 3 nitrogen and oxygen atoms in total. The average Bonchev–Trinajstić information content (AvgIpc) is 2.63. The third-order valence-corrected chi connectivity index (χ3v) is 4.94. The third-order valence-electron chi connectivity index (χ3n) is 4.47. The first-order valence-electron chi connectivity index (χ1n) is 8.37. The SMILES string of the molecule is Cc1ccc(Cl)cc1N1CCN(C(=O)/C=C\c2ccc(Cl)cc2F)CC1. The maximum absolute atomic E-state index is 13.8. The number of hydrogen-bond acceptors (Lipinski definition) is 2. The van der Waals surface area contributed by atoms with Crippen LogP contribution in [0.5, 0.6) is 0 Å². The number of carbonyl (C=O) groups excluding carboxylic acids is 1. The fourth-order valence-electron chi connectivity index (χ4n) is 2.99. The van der Waals surface area contributed by atoms with E-state index in [1.807, 2.05) is 25.1 Å². The Morgan fingerprint density at radius 2 is 1.69 bits per heavy atom. The van der Waals surface area contributed by atoms with Gasteiger partial charge in [-0.2, -0.15) is 0 Å². The van der Waals surface area contributed by atoms with Gasteiger partial charge in [0.15, 0.2) is 0 Å². The molecule has 2 aromatic carbocycles. The number of rotatable bonds is 3. The molecule has 0 unspecified atom stereocenters. The van der Waals surface area contributed by atoms with Crippen LogP contribution in [0.25, 0.3) is 6.08 Å². The van der Waals surface area contributed by atoms with Crippen LogP contribution in [0.2, 0.25) is 10.0 Å². The molecule has 0 aliphatic carbocycles. The topological polar surface area (TPSA) is 23.6 Å². The molecule has 26 heavy (non-hydrogen) atoms. The van der Waals surface area contributed by atoms with E-state index < -0.39 is 5.82 Å². The average molecular weight is 393 g/mol. The Kier molecular flexibility index (Phi) is 5.84. The van der Waals surface area contributed by atoms with Crippen LogP contribution in [0, 0.1) is 12.7 Å². The van der Waals surface area contributed by atoms with Gasteiger partial charge in [0.2, 0.25) is 5.91 Å². The Hall–Kier alpha value is -2.04. The Bertz CT molecular complexity index is 846. The van der Waals surface area contributed by atoms with Gasteiger partial charge in [-0.3, -0.25) is 4.79 Å². The molecule has 3 rings (SSSR count). The Morgan fingerprint density at radius 1 is 1.04 bits per heavy atom. The molecule has 1 aliphatic heterocycles. The molecular weight excluding hydrogens is 374 g/mol. The van der Waals surface area contributed by atoms with Crippen molar-refractivity contribution in [2.24, 2.45) is 0 Å². The van der Waals surface area contributed by atoms with E-state index in [9.17, 15) is 9.18 Å². The fraction of sp³-hybridized carbons (Fsp3) is 0.250. The molecule has 0 spiro atoms. The van der Waals surface area contributed by atoms with Crippen LogP contribution in [-0.2, 0) is 4.79 Å². The molecule has 1 saturated heterocycles. The van der Waals surface area contributed by atoms with Crippen LogP contribution in [0.4, 0.5) is 10.1 Å². The predicted octanol–water partition coefficient (Wildman–Crippen LogP) is 4.80. The Balaban J connectivity index is 1.61. The number of nitrogens with zero attached hydrogens (tertiary/aromatic N) is 2. The quantitative estimate of drug-likeness (QED) is 0.700. The monoisotopic (exact) mass is 392 g/mol. The molecule has 0 atom stereocenters. The van der Waals surface area contributed by atoms with E-state index in [0.717, 1.165) is 24.3 Å². The molecule has 1 amide bonds. The van der Waals surface area contributed by atoms with E-state index in [2.05, 4.69) is 4.90 Å². The standard InChI is InChI=1S/C20H19Cl2FN2O/c1-14-2-5-17(22)13-19(14)24-8-10-25(11-9-24)20(26)7-4-15-3-6-16(21)12-18(15)23/h2-7,12-13H,8-11H2,1H3/b7-4-. The van der Waals surface area contributed by atoms with Gasteiger partial charge in [0.25, 0.3) is 0 Å². The van der Waals surface area contributed by atoms with Crippen molar-refractivity contribution in [2.75, 3.05) is 31.1 Å². The minimum Gasteiger partial charge on any atom is -0.368 e. The summed E-state index contributed by atoms with van der Waals surface area (Å²) in [6, 6.07) is 10.2. The van der Waals surface area contributed by atoms with Gasteiger partial charge in [0, 0.05) is 53.6 Å². The Labute approximate surface area is 162 Å². The van der Waals surface area contributed by atoms with Gasteiger partial charge in [0.05, 0.1) is 0 Å². The van der Waals surface area contributed by atoms with E-state index in [1.54, 1.807) is 17.0 Å². The number of aryl methyl sites for hydroxylation is 1. The van der Waals surface area contributed by atoms with Crippen LogP contribution < -0.4 is 4.90 Å². The molecule has 0 aromatic heterocycles. The van der Waals surface area contributed by atoms with E-state index in [0.29, 0.717) is 28.7 Å². The Morgan fingerprint density at radius 3 is 2.38 bits per heavy atom. The summed E-state index contributed by atoms with van der Waals surface area (Å²) in [7, 11) is 0. The van der Waals surface area contributed by atoms with Crippen LogP contribution in [0.3, 0.4) is 0 Å². The van der Waals surface area contributed by atoms with E-state index >= 15 is 0 Å². The van der Waals surface area contributed by atoms with Gasteiger partial charge in [0.1, 0.15) is 5.82 Å². The van der Waals surface area contributed by atoms with Crippen molar-refractivity contribution in [1.82, 2.24) is 4.90 Å². The maximum Gasteiger partial charge on any atom is 0.246 e. The van der Waals surface area contributed by atoms with Crippen LogP contribution >= 0.6 is 23.2 Å². The molecular formula is C20H19Cl2FN2O. The van der Waals surface area contributed by atoms with Crippen molar-refractivity contribution < 1.29 is 9.18 Å². The number of halogens is 3. The van der Waals surface area contributed by atoms with Crippen molar-refractivity contribution >= 4 is 40.9 Å². The summed E-state index contributed by atoms with van der Waals surface area (Å²) in [5, 5.41) is 1.04. The van der Waals surface area contributed by atoms with Crippen LogP contribution in [-0.4, -0.2) is 37.0 Å². The molecule has 0 radical (unpaired) electrons. The second kappa shape index (κ2) is 8.11. The van der Waals surface area contributed by atoms with Crippen molar-refractivity contribution in [2.45, 2.75) is 6.92 Å². The highest BCUT2D eigenvalue weighted by Crippen LogP contribution is 2.25. The zero-order valence-electron chi connectivity index (χ0n) is 14.4. The summed E-state index contributed by atoms with van der Waals surface area (Å²) >= 11 is 11.8. The lowest BCUT2D eigenvalue weighted by Gasteiger charge is -2.36. The number of piperazine rings is 1. The molecule has 0 saturated carbocycles. The normalized spacial score (nSPS) is 14.9. The molecule has 1 fully saturated rings. The highest BCUT2D eigenvalue weighted by molar-refractivity contribution is 6.31. The predicted molar refractivity (Wildman–Crippen MR) is 105 cm³/mol. The number of hydrogen-bond donors (Lipinski definition) is 0. The summed E-state index contributed by atoms with van der Waals surface area (Å²) in [5.74, 6) is -0.565. The summed E-state index contributed by atoms with van der Waals surface area (Å²) < 4.78 is 13.8. The zero-order chi connectivity index (χ0) is 18.7. The summed E-state index contributed by atoms with van der Waals surface area (Å²) in [6.45, 7) is 4.73. The van der Waals surface area contributed by atoms with Crippen LogP contribution in [0.1, 0.15) is 11.1 Å². The van der Waals surface area contributed by atoms with Gasteiger partial charge >= 0.3 is 0 Å². The number of amides is 1. The molecule has 0 bridgehead atoms. The molecule has 1 heterocycles. The molecule has 136 valence electrons. The van der Waals surface area contributed by atoms with Gasteiger partial charge in [-0.1, -0.05) is 35.3 Å². The highest BCUT2D eigenvalue weighted by atomic mass is 35.5. The molecule has 6 heteroatoms. The summed E-state index contributed by atoms with van der Waals surface area (Å²) in [5.41, 5.74) is 2.60. The van der Waals surface area contributed by atoms with Gasteiger partial charge in [-0.15, -0.1) is 0 Å². The van der Waals surface area contributed by atoms with Gasteiger partial charge < -0.3 is 9.80 Å². The molecule has 1 aliphatic rings. The lowest BCUT2D eigenvalue weighted by atomic mass is 10.1. The number of carbonyl (C=O) groups is 1. The van der Waals surface area contributed by atoms with E-state index in [1.165, 1.54) is 18.2 Å². The second-order valence-corrected chi connectivity index (χ2v) is 7.12. The zero-order valence-corrected chi connectivity index (χ0v) is 15.9. The first-order valence-corrected chi connectivity index (χ1v) is 9.13. The fourth-order valence-corrected chi connectivity index (χ4v) is 3.32. The molecule has 0 N–H and O–H groups in total. The number of anilines is 1. The maximum atomic E-state index is 13.8. The van der Waals surface area contributed by atoms with Crippen molar-refractivity contribution in [3.8, 4) is 0 Å². The summed E-state index contributed by atoms with van der Waals surface area (Å²) in [4.78, 5) is 16.4. The minimum absolute atomic E-state index is 0.123. The molecule has 2 aromatic rings. The van der Waals surface area contributed by atoms with E-state index in [4.69, 9.17) is 23.2 Å². The van der Waals surface area contributed by atoms with E-state index in [-0.39, 0.29) is 5.91 Å². The summed E-state index contributed by atoms with van der Waals surface area (Å²) in [6.07, 6.45) is 2.90. The second-order valence-electron chi connectivity index (χ2n) is 6.24.